The lowest BCUT2D eigenvalue weighted by Crippen LogP contribution is -2.35. The fourth-order valence-electron chi connectivity index (χ4n) is 1.18. The largest absolute Gasteiger partial charge is 0.355 e. The van der Waals surface area contributed by atoms with Gasteiger partial charge in [-0.15, -0.1) is 0 Å². The Balaban J connectivity index is 2.03. The standard InChI is InChI=1S/C8H17NO4S/c1-14(10,11)5-3-9-6-8-2-4-12-7-13-8/h8-9H,2-7H2,1H3. The van der Waals surface area contributed by atoms with Gasteiger partial charge in [0.2, 0.25) is 0 Å². The van der Waals surface area contributed by atoms with Crippen LogP contribution in [-0.2, 0) is 19.3 Å². The number of sulfone groups is 1. The van der Waals surface area contributed by atoms with Crippen LogP contribution in [0, 0.1) is 0 Å². The van der Waals surface area contributed by atoms with Gasteiger partial charge in [0, 0.05) is 19.3 Å². The van der Waals surface area contributed by atoms with Crippen molar-refractivity contribution in [2.45, 2.75) is 12.5 Å². The predicted molar refractivity (Wildman–Crippen MR) is 52.9 cm³/mol. The molecule has 0 radical (unpaired) electrons. The lowest BCUT2D eigenvalue weighted by molar-refractivity contribution is -0.137. The summed E-state index contributed by atoms with van der Waals surface area (Å²) in [6.45, 7) is 2.25. The lowest BCUT2D eigenvalue weighted by Gasteiger charge is -2.22. The Bertz CT molecular complexity index is 246. The number of nitrogens with one attached hydrogen (secondary N) is 1. The normalized spacial score (nSPS) is 23.6. The highest BCUT2D eigenvalue weighted by molar-refractivity contribution is 7.90. The molecule has 0 bridgehead atoms. The molecule has 0 aromatic heterocycles. The summed E-state index contributed by atoms with van der Waals surface area (Å²) in [5.74, 6) is 0.177. The topological polar surface area (TPSA) is 64.6 Å². The molecule has 1 unspecified atom stereocenters. The average molecular weight is 223 g/mol. The fraction of sp³-hybridized carbons (Fsp3) is 1.00. The van der Waals surface area contributed by atoms with Crippen molar-refractivity contribution >= 4 is 9.84 Å². The van der Waals surface area contributed by atoms with Gasteiger partial charge in [-0.25, -0.2) is 8.42 Å². The van der Waals surface area contributed by atoms with Crippen LogP contribution >= 0.6 is 0 Å². The summed E-state index contributed by atoms with van der Waals surface area (Å²) in [5.41, 5.74) is 0. The number of hydrogen-bond acceptors (Lipinski definition) is 5. The van der Waals surface area contributed by atoms with E-state index in [4.69, 9.17) is 9.47 Å². The minimum Gasteiger partial charge on any atom is -0.355 e. The second-order valence-electron chi connectivity index (χ2n) is 3.44. The van der Waals surface area contributed by atoms with Crippen molar-refractivity contribution in [2.75, 3.05) is 38.5 Å². The van der Waals surface area contributed by atoms with Crippen LogP contribution in [0.25, 0.3) is 0 Å². The molecule has 1 aliphatic rings. The first-order chi connectivity index (χ1) is 6.58. The molecule has 1 aliphatic heterocycles. The molecular formula is C8H17NO4S. The van der Waals surface area contributed by atoms with Crippen molar-refractivity contribution < 1.29 is 17.9 Å². The van der Waals surface area contributed by atoms with E-state index in [0.29, 0.717) is 19.9 Å². The summed E-state index contributed by atoms with van der Waals surface area (Å²) < 4.78 is 31.9. The zero-order valence-corrected chi connectivity index (χ0v) is 9.18. The van der Waals surface area contributed by atoms with E-state index < -0.39 is 9.84 Å². The Morgan fingerprint density at radius 1 is 1.50 bits per heavy atom. The lowest BCUT2D eigenvalue weighted by atomic mass is 10.2. The molecule has 0 amide bonds. The van der Waals surface area contributed by atoms with E-state index in [9.17, 15) is 8.42 Å². The van der Waals surface area contributed by atoms with Crippen molar-refractivity contribution in [1.29, 1.82) is 0 Å². The molecule has 1 rings (SSSR count). The molecule has 1 saturated heterocycles. The van der Waals surface area contributed by atoms with Crippen LogP contribution < -0.4 is 5.32 Å². The Hall–Kier alpha value is -0.170. The van der Waals surface area contributed by atoms with Gasteiger partial charge in [-0.2, -0.15) is 0 Å². The van der Waals surface area contributed by atoms with Gasteiger partial charge in [-0.05, 0) is 6.42 Å². The van der Waals surface area contributed by atoms with E-state index in [0.717, 1.165) is 13.0 Å². The van der Waals surface area contributed by atoms with Crippen molar-refractivity contribution in [2.24, 2.45) is 0 Å². The first kappa shape index (κ1) is 11.9. The smallest absolute Gasteiger partial charge is 0.148 e. The number of hydrogen-bond donors (Lipinski definition) is 1. The molecule has 0 aliphatic carbocycles. The third-order valence-electron chi connectivity index (χ3n) is 1.99. The second kappa shape index (κ2) is 5.65. The van der Waals surface area contributed by atoms with Crippen LogP contribution in [0.4, 0.5) is 0 Å². The Labute approximate surface area is 84.7 Å². The van der Waals surface area contributed by atoms with Gasteiger partial charge in [0.05, 0.1) is 18.5 Å². The Kier molecular flexibility index (Phi) is 4.80. The number of rotatable bonds is 5. The van der Waals surface area contributed by atoms with Gasteiger partial charge >= 0.3 is 0 Å². The molecule has 1 fully saturated rings. The van der Waals surface area contributed by atoms with Gasteiger partial charge < -0.3 is 14.8 Å². The maximum Gasteiger partial charge on any atom is 0.148 e. The Morgan fingerprint density at radius 3 is 2.86 bits per heavy atom. The van der Waals surface area contributed by atoms with Crippen LogP contribution in [0.3, 0.4) is 0 Å². The van der Waals surface area contributed by atoms with E-state index in [1.165, 1.54) is 6.26 Å². The van der Waals surface area contributed by atoms with Crippen LogP contribution in [0.2, 0.25) is 0 Å². The monoisotopic (exact) mass is 223 g/mol. The van der Waals surface area contributed by atoms with Gasteiger partial charge in [0.25, 0.3) is 0 Å². The molecule has 0 spiro atoms. The molecule has 1 N–H and O–H groups in total. The van der Waals surface area contributed by atoms with E-state index in [-0.39, 0.29) is 11.9 Å². The predicted octanol–water partition coefficient (Wildman–Crippen LogP) is -0.616. The summed E-state index contributed by atoms with van der Waals surface area (Å²) in [6.07, 6.45) is 2.26. The first-order valence-corrected chi connectivity index (χ1v) is 6.72. The summed E-state index contributed by atoms with van der Waals surface area (Å²) in [6, 6.07) is 0. The van der Waals surface area contributed by atoms with Crippen molar-refractivity contribution in [1.82, 2.24) is 5.32 Å². The average Bonchev–Trinajstić information content (AvgIpc) is 2.13. The molecular weight excluding hydrogens is 206 g/mol. The van der Waals surface area contributed by atoms with E-state index in [1.807, 2.05) is 0 Å². The van der Waals surface area contributed by atoms with Crippen LogP contribution in [0.5, 0.6) is 0 Å². The highest BCUT2D eigenvalue weighted by atomic mass is 32.2. The van der Waals surface area contributed by atoms with E-state index in [1.54, 1.807) is 0 Å². The molecule has 6 heteroatoms. The maximum atomic E-state index is 10.8. The third kappa shape index (κ3) is 5.54. The highest BCUT2D eigenvalue weighted by Gasteiger charge is 2.13. The molecule has 0 aromatic rings. The minimum absolute atomic E-state index is 0.156. The minimum atomic E-state index is -2.86. The van der Waals surface area contributed by atoms with Gasteiger partial charge in [0.15, 0.2) is 0 Å². The van der Waals surface area contributed by atoms with Crippen molar-refractivity contribution in [3.63, 3.8) is 0 Å². The summed E-state index contributed by atoms with van der Waals surface area (Å²) >= 11 is 0. The molecule has 1 heterocycles. The SMILES string of the molecule is CS(=O)(=O)CCNCC1CCOCO1. The molecule has 84 valence electrons. The molecule has 5 nitrogen and oxygen atoms in total. The second-order valence-corrected chi connectivity index (χ2v) is 5.70. The van der Waals surface area contributed by atoms with Gasteiger partial charge in [0.1, 0.15) is 16.6 Å². The number of ether oxygens (including phenoxy) is 2. The Morgan fingerprint density at radius 2 is 2.29 bits per heavy atom. The van der Waals surface area contributed by atoms with Crippen molar-refractivity contribution in [3.8, 4) is 0 Å². The van der Waals surface area contributed by atoms with Crippen LogP contribution in [0.15, 0.2) is 0 Å². The molecule has 14 heavy (non-hydrogen) atoms. The van der Waals surface area contributed by atoms with Crippen molar-refractivity contribution in [3.05, 3.63) is 0 Å². The zero-order valence-electron chi connectivity index (χ0n) is 8.36. The van der Waals surface area contributed by atoms with E-state index >= 15 is 0 Å². The highest BCUT2D eigenvalue weighted by Crippen LogP contribution is 2.04. The summed E-state index contributed by atoms with van der Waals surface area (Å²) in [7, 11) is -2.86. The van der Waals surface area contributed by atoms with E-state index in [2.05, 4.69) is 5.32 Å². The maximum absolute atomic E-state index is 10.8. The molecule has 1 atom stereocenters. The third-order valence-corrected chi connectivity index (χ3v) is 2.94. The fourth-order valence-corrected chi connectivity index (χ4v) is 1.70. The first-order valence-electron chi connectivity index (χ1n) is 4.66. The summed E-state index contributed by atoms with van der Waals surface area (Å²) in [4.78, 5) is 0. The molecule has 0 aromatic carbocycles. The molecule has 0 saturated carbocycles. The van der Waals surface area contributed by atoms with Crippen LogP contribution in [0.1, 0.15) is 6.42 Å². The summed E-state index contributed by atoms with van der Waals surface area (Å²) in [5, 5.41) is 3.05. The van der Waals surface area contributed by atoms with Gasteiger partial charge in [-0.1, -0.05) is 0 Å². The van der Waals surface area contributed by atoms with Crippen LogP contribution in [-0.4, -0.2) is 53.0 Å². The van der Waals surface area contributed by atoms with Gasteiger partial charge in [-0.3, -0.25) is 0 Å². The quantitative estimate of drug-likeness (QED) is 0.630. The zero-order chi connectivity index (χ0) is 10.4.